The summed E-state index contributed by atoms with van der Waals surface area (Å²) in [6, 6.07) is 6.97. The predicted molar refractivity (Wildman–Crippen MR) is 89.8 cm³/mol. The molecule has 2 nitrogen and oxygen atoms in total. The minimum Gasteiger partial charge on any atom is -0.374 e. The van der Waals surface area contributed by atoms with Crippen LogP contribution in [0.2, 0.25) is 0 Å². The fourth-order valence-corrected chi connectivity index (χ4v) is 4.58. The summed E-state index contributed by atoms with van der Waals surface area (Å²) in [6.07, 6.45) is 9.07. The van der Waals surface area contributed by atoms with Crippen molar-refractivity contribution in [1.82, 2.24) is 5.32 Å². The lowest BCUT2D eigenvalue weighted by Crippen LogP contribution is -2.34. The number of nitrogens with one attached hydrogen (secondary N) is 1. The fraction of sp³-hybridized carbons (Fsp3) is 0.647. The molecule has 20 heavy (non-hydrogen) atoms. The normalized spacial score (nSPS) is 20.4. The van der Waals surface area contributed by atoms with Crippen LogP contribution in [0, 0.1) is 0 Å². The largest absolute Gasteiger partial charge is 0.374 e. The van der Waals surface area contributed by atoms with E-state index in [0.717, 1.165) is 13.1 Å². The molecule has 1 aromatic rings. The first-order valence-electron chi connectivity index (χ1n) is 7.81. The number of hydrogen-bond donors (Lipinski definition) is 1. The summed E-state index contributed by atoms with van der Waals surface area (Å²) in [6.45, 7) is 3.34. The molecular formula is C17H26N2S. The molecule has 0 atom stereocenters. The third-order valence-corrected chi connectivity index (χ3v) is 6.41. The van der Waals surface area contributed by atoms with Gasteiger partial charge in [-0.05, 0) is 42.7 Å². The van der Waals surface area contributed by atoms with Crippen LogP contribution >= 0.6 is 11.8 Å². The number of anilines is 1. The zero-order valence-corrected chi connectivity index (χ0v) is 13.6. The van der Waals surface area contributed by atoms with Gasteiger partial charge in [0.15, 0.2) is 0 Å². The highest BCUT2D eigenvalue weighted by Crippen LogP contribution is 2.39. The molecule has 1 fully saturated rings. The van der Waals surface area contributed by atoms with Crippen LogP contribution in [0.3, 0.4) is 0 Å². The molecule has 1 aromatic carbocycles. The van der Waals surface area contributed by atoms with Crippen molar-refractivity contribution in [3.8, 4) is 0 Å². The van der Waals surface area contributed by atoms with E-state index in [1.54, 1.807) is 0 Å². The van der Waals surface area contributed by atoms with E-state index in [9.17, 15) is 0 Å². The molecule has 1 aliphatic heterocycles. The fourth-order valence-electron chi connectivity index (χ4n) is 3.64. The first-order chi connectivity index (χ1) is 9.72. The van der Waals surface area contributed by atoms with Crippen LogP contribution in [-0.4, -0.2) is 31.1 Å². The standard InChI is InChI=1S/C17H26N2S/c1-19-10-7-15-11-14(5-6-16(15)19)12-18-13-17(20-2)8-3-4-9-17/h5-6,11,18H,3-4,7-10,12-13H2,1-2H3. The van der Waals surface area contributed by atoms with Crippen LogP contribution in [0.1, 0.15) is 36.8 Å². The van der Waals surface area contributed by atoms with Crippen molar-refractivity contribution in [3.63, 3.8) is 0 Å². The number of thioether (sulfide) groups is 1. The number of benzene rings is 1. The number of fused-ring (bicyclic) bond motifs is 1. The monoisotopic (exact) mass is 290 g/mol. The van der Waals surface area contributed by atoms with Gasteiger partial charge in [0.2, 0.25) is 0 Å². The summed E-state index contributed by atoms with van der Waals surface area (Å²) < 4.78 is 0.511. The molecule has 0 aromatic heterocycles. The predicted octanol–water partition coefficient (Wildman–Crippen LogP) is 3.44. The molecule has 1 N–H and O–H groups in total. The van der Waals surface area contributed by atoms with Crippen LogP contribution in [0.5, 0.6) is 0 Å². The summed E-state index contributed by atoms with van der Waals surface area (Å²) in [5, 5.41) is 3.70. The minimum absolute atomic E-state index is 0.511. The van der Waals surface area contributed by atoms with Crippen molar-refractivity contribution in [2.45, 2.75) is 43.4 Å². The van der Waals surface area contributed by atoms with Crippen molar-refractivity contribution in [2.75, 3.05) is 31.3 Å². The Kier molecular flexibility index (Phi) is 4.27. The van der Waals surface area contributed by atoms with E-state index in [0.29, 0.717) is 4.75 Å². The van der Waals surface area contributed by atoms with E-state index in [-0.39, 0.29) is 0 Å². The molecule has 0 saturated heterocycles. The second kappa shape index (κ2) is 5.98. The highest BCUT2D eigenvalue weighted by atomic mass is 32.2. The quantitative estimate of drug-likeness (QED) is 0.894. The third-order valence-electron chi connectivity index (χ3n) is 5.00. The second-order valence-electron chi connectivity index (χ2n) is 6.33. The Morgan fingerprint density at radius 2 is 2.10 bits per heavy atom. The van der Waals surface area contributed by atoms with Gasteiger partial charge in [-0.15, -0.1) is 0 Å². The Bertz CT molecular complexity index is 466. The second-order valence-corrected chi connectivity index (χ2v) is 7.61. The summed E-state index contributed by atoms with van der Waals surface area (Å²) in [7, 11) is 2.19. The molecule has 3 heteroatoms. The summed E-state index contributed by atoms with van der Waals surface area (Å²) in [5.41, 5.74) is 4.38. The first-order valence-corrected chi connectivity index (χ1v) is 9.04. The lowest BCUT2D eigenvalue weighted by Gasteiger charge is -2.27. The van der Waals surface area contributed by atoms with Gasteiger partial charge in [-0.1, -0.05) is 25.0 Å². The van der Waals surface area contributed by atoms with Gasteiger partial charge in [-0.2, -0.15) is 11.8 Å². The Hall–Kier alpha value is -0.670. The molecule has 1 aliphatic carbocycles. The molecule has 0 radical (unpaired) electrons. The van der Waals surface area contributed by atoms with Gasteiger partial charge in [-0.3, -0.25) is 0 Å². The van der Waals surface area contributed by atoms with Crippen LogP contribution < -0.4 is 10.2 Å². The molecule has 110 valence electrons. The van der Waals surface area contributed by atoms with E-state index < -0.39 is 0 Å². The Labute approximate surface area is 127 Å². The average molecular weight is 290 g/mol. The summed E-state index contributed by atoms with van der Waals surface area (Å²) >= 11 is 2.07. The van der Waals surface area contributed by atoms with E-state index in [1.807, 2.05) is 0 Å². The summed E-state index contributed by atoms with van der Waals surface area (Å²) in [5.74, 6) is 0. The number of likely N-dealkylation sites (N-methyl/N-ethyl adjacent to an activating group) is 1. The van der Waals surface area contributed by atoms with Gasteiger partial charge in [0.1, 0.15) is 0 Å². The average Bonchev–Trinajstić information content (AvgIpc) is 3.07. The maximum atomic E-state index is 3.70. The molecule has 0 bridgehead atoms. The number of nitrogens with zero attached hydrogens (tertiary/aromatic N) is 1. The van der Waals surface area contributed by atoms with Crippen LogP contribution in [0.25, 0.3) is 0 Å². The number of rotatable bonds is 5. The highest BCUT2D eigenvalue weighted by molar-refractivity contribution is 8.00. The highest BCUT2D eigenvalue weighted by Gasteiger charge is 2.32. The Morgan fingerprint density at radius 3 is 2.85 bits per heavy atom. The first kappa shape index (κ1) is 14.3. The van der Waals surface area contributed by atoms with Crippen molar-refractivity contribution in [2.24, 2.45) is 0 Å². The summed E-state index contributed by atoms with van der Waals surface area (Å²) in [4.78, 5) is 2.35. The lowest BCUT2D eigenvalue weighted by molar-refractivity contribution is 0.533. The molecule has 2 aliphatic rings. The van der Waals surface area contributed by atoms with Crippen LogP contribution in [0.4, 0.5) is 5.69 Å². The van der Waals surface area contributed by atoms with Crippen molar-refractivity contribution in [3.05, 3.63) is 29.3 Å². The molecule has 0 unspecified atom stereocenters. The van der Waals surface area contributed by atoms with Gasteiger partial charge in [0.25, 0.3) is 0 Å². The molecule has 3 rings (SSSR count). The molecular weight excluding hydrogens is 264 g/mol. The third kappa shape index (κ3) is 2.84. The number of hydrogen-bond acceptors (Lipinski definition) is 3. The molecule has 1 saturated carbocycles. The maximum absolute atomic E-state index is 3.70. The maximum Gasteiger partial charge on any atom is 0.0397 e. The molecule has 1 heterocycles. The van der Waals surface area contributed by atoms with Gasteiger partial charge < -0.3 is 10.2 Å². The van der Waals surface area contributed by atoms with Gasteiger partial charge in [-0.25, -0.2) is 0 Å². The minimum atomic E-state index is 0.511. The van der Waals surface area contributed by atoms with E-state index in [4.69, 9.17) is 0 Å². The van der Waals surface area contributed by atoms with Crippen molar-refractivity contribution >= 4 is 17.4 Å². The van der Waals surface area contributed by atoms with E-state index in [1.165, 1.54) is 55.5 Å². The van der Waals surface area contributed by atoms with E-state index >= 15 is 0 Å². The zero-order valence-electron chi connectivity index (χ0n) is 12.7. The smallest absolute Gasteiger partial charge is 0.0397 e. The van der Waals surface area contributed by atoms with Gasteiger partial charge >= 0.3 is 0 Å². The lowest BCUT2D eigenvalue weighted by atomic mass is 10.1. The van der Waals surface area contributed by atoms with E-state index in [2.05, 4.69) is 53.5 Å². The van der Waals surface area contributed by atoms with Gasteiger partial charge in [0.05, 0.1) is 0 Å². The topological polar surface area (TPSA) is 15.3 Å². The Balaban J connectivity index is 1.56. The Morgan fingerprint density at radius 1 is 1.30 bits per heavy atom. The van der Waals surface area contributed by atoms with Crippen LogP contribution in [0.15, 0.2) is 18.2 Å². The van der Waals surface area contributed by atoms with Crippen LogP contribution in [-0.2, 0) is 13.0 Å². The zero-order chi connectivity index (χ0) is 14.0. The van der Waals surface area contributed by atoms with Gasteiger partial charge in [0, 0.05) is 37.1 Å². The molecule has 0 amide bonds. The molecule has 0 spiro atoms. The van der Waals surface area contributed by atoms with Crippen molar-refractivity contribution in [1.29, 1.82) is 0 Å². The SMILES string of the molecule is CSC1(CNCc2ccc3c(c2)CCN3C)CCCC1. The van der Waals surface area contributed by atoms with Crippen molar-refractivity contribution < 1.29 is 0 Å².